The zero-order valence-corrected chi connectivity index (χ0v) is 30.9. The van der Waals surface area contributed by atoms with Crippen LogP contribution in [0.25, 0.3) is 0 Å². The highest BCUT2D eigenvalue weighted by Gasteiger charge is 2.06. The van der Waals surface area contributed by atoms with Gasteiger partial charge < -0.3 is 9.13 Å². The van der Waals surface area contributed by atoms with Crippen molar-refractivity contribution in [1.29, 1.82) is 0 Å². The van der Waals surface area contributed by atoms with E-state index in [0.717, 1.165) is 0 Å². The van der Waals surface area contributed by atoms with Gasteiger partial charge in [0.2, 0.25) is 0 Å². The minimum Gasteiger partial charge on any atom is -0.352 e. The highest BCUT2D eigenvalue weighted by molar-refractivity contribution is 5.14. The largest absolute Gasteiger partial charge is 0.352 e. The Labute approximate surface area is 270 Å². The Balaban J connectivity index is 0.000000293. The molecule has 0 aromatic carbocycles. The molecule has 0 aliphatic rings. The van der Waals surface area contributed by atoms with Crippen LogP contribution in [-0.2, 0) is 0 Å². The Morgan fingerprint density at radius 3 is 1.30 bits per heavy atom. The minimum atomic E-state index is 0.475. The van der Waals surface area contributed by atoms with Gasteiger partial charge in [0.1, 0.15) is 0 Å². The Morgan fingerprint density at radius 1 is 0.477 bits per heavy atom. The number of imidazole rings is 1. The van der Waals surface area contributed by atoms with Crippen molar-refractivity contribution in [2.45, 2.75) is 159 Å². The van der Waals surface area contributed by atoms with Gasteiger partial charge in [-0.15, -0.1) is 0 Å². The molecular weight excluding hydrogens is 542 g/mol. The third-order valence-corrected chi connectivity index (χ3v) is 7.38. The van der Waals surface area contributed by atoms with Crippen LogP contribution in [0.5, 0.6) is 0 Å². The van der Waals surface area contributed by atoms with E-state index in [1.54, 1.807) is 0 Å². The summed E-state index contributed by atoms with van der Waals surface area (Å²) < 4.78 is 8.37. The number of aromatic nitrogens is 7. The molecule has 0 radical (unpaired) electrons. The summed E-state index contributed by atoms with van der Waals surface area (Å²) in [4.78, 5) is 4.30. The lowest BCUT2D eigenvalue weighted by molar-refractivity contribution is 0.523. The molecule has 0 bridgehead atoms. The lowest BCUT2D eigenvalue weighted by atomic mass is 10.1. The Hall–Kier alpha value is -3.09. The first-order chi connectivity index (χ1) is 20.4. The summed E-state index contributed by atoms with van der Waals surface area (Å²) in [6.07, 6.45) is 14.5. The van der Waals surface area contributed by atoms with E-state index in [-0.39, 0.29) is 0 Å². The number of rotatable bonds is 8. The van der Waals surface area contributed by atoms with Crippen LogP contribution in [0.3, 0.4) is 0 Å². The first kappa shape index (κ1) is 38.9. The molecule has 7 heteroatoms. The van der Waals surface area contributed by atoms with Crippen LogP contribution < -0.4 is 0 Å². The predicted octanol–water partition coefficient (Wildman–Crippen LogP) is 11.0. The fraction of sp³-hybridized carbons (Fsp3) is 0.649. The van der Waals surface area contributed by atoms with Gasteiger partial charge in [-0.25, -0.2) is 4.98 Å². The van der Waals surface area contributed by atoms with E-state index in [4.69, 9.17) is 0 Å². The molecule has 0 saturated heterocycles. The fourth-order valence-electron chi connectivity index (χ4n) is 3.91. The molecule has 7 nitrogen and oxygen atoms in total. The van der Waals surface area contributed by atoms with Crippen molar-refractivity contribution in [2.75, 3.05) is 0 Å². The average Bonchev–Trinajstić information content (AvgIpc) is 3.76. The zero-order valence-electron chi connectivity index (χ0n) is 30.9. The van der Waals surface area contributed by atoms with E-state index in [1.807, 2.05) is 28.1 Å². The molecule has 0 spiro atoms. The van der Waals surface area contributed by atoms with Gasteiger partial charge in [-0.1, -0.05) is 55.4 Å². The molecule has 0 atom stereocenters. The third-order valence-electron chi connectivity index (χ3n) is 7.38. The van der Waals surface area contributed by atoms with Crippen LogP contribution in [0.1, 0.15) is 181 Å². The van der Waals surface area contributed by atoms with Crippen molar-refractivity contribution >= 4 is 0 Å². The Kier molecular flexibility index (Phi) is 16.5. The van der Waals surface area contributed by atoms with E-state index in [1.165, 1.54) is 22.5 Å². The van der Waals surface area contributed by atoms with E-state index in [2.05, 4.69) is 172 Å². The highest BCUT2D eigenvalue weighted by atomic mass is 15.3. The van der Waals surface area contributed by atoms with Gasteiger partial charge in [-0.2, -0.15) is 10.2 Å². The molecule has 0 amide bonds. The molecule has 0 aliphatic heterocycles. The normalized spacial score (nSPS) is 11.5. The summed E-state index contributed by atoms with van der Waals surface area (Å²) in [5, 5.41) is 8.68. The number of hydrogen-bond acceptors (Lipinski definition) is 3. The summed E-state index contributed by atoms with van der Waals surface area (Å²) in [6.45, 7) is 34.7. The summed E-state index contributed by atoms with van der Waals surface area (Å²) in [6, 6.07) is 6.34. The smallest absolute Gasteiger partial charge is 0.0951 e. The first-order valence-electron chi connectivity index (χ1n) is 16.7. The van der Waals surface area contributed by atoms with Crippen LogP contribution in [0, 0.1) is 0 Å². The Morgan fingerprint density at radius 2 is 1.02 bits per heavy atom. The molecule has 0 aliphatic carbocycles. The van der Waals surface area contributed by atoms with Gasteiger partial charge >= 0.3 is 0 Å². The minimum absolute atomic E-state index is 0.475. The molecule has 0 unspecified atom stereocenters. The first-order valence-corrected chi connectivity index (χ1v) is 16.7. The second-order valence-corrected chi connectivity index (χ2v) is 14.1. The van der Waals surface area contributed by atoms with Gasteiger partial charge in [-0.3, -0.25) is 9.36 Å². The second-order valence-electron chi connectivity index (χ2n) is 14.1. The monoisotopic (exact) mass is 608 g/mol. The standard InChI is InChI=1S/C10H17N.3C9H16N2/c1-8(2)10-5-6-11(7-10)9(3)4;1-7(2)9-5-11(6-10-9)8(3)4;1-7(2)9-5-10-11(6-9)8(3)4;1-7(2)9-5-6-11(10-9)8(3)4/h5-9H,1-4H3;3*5-8H,1-4H3. The molecule has 4 aromatic rings. The van der Waals surface area contributed by atoms with Crippen LogP contribution in [0.15, 0.2) is 55.6 Å². The molecular formula is C37H65N7. The summed E-state index contributed by atoms with van der Waals surface area (Å²) in [5.74, 6) is 2.31. The number of hydrogen-bond donors (Lipinski definition) is 0. The van der Waals surface area contributed by atoms with Crippen LogP contribution in [0.2, 0.25) is 0 Å². The van der Waals surface area contributed by atoms with Crippen LogP contribution >= 0.6 is 0 Å². The van der Waals surface area contributed by atoms with Gasteiger partial charge in [-0.05, 0) is 102 Å². The molecule has 0 saturated carbocycles. The molecule has 4 heterocycles. The molecule has 0 N–H and O–H groups in total. The maximum absolute atomic E-state index is 4.43. The van der Waals surface area contributed by atoms with Gasteiger partial charge in [0.25, 0.3) is 0 Å². The summed E-state index contributed by atoms with van der Waals surface area (Å²) in [5.41, 5.74) is 5.11. The molecule has 4 aromatic heterocycles. The van der Waals surface area contributed by atoms with E-state index >= 15 is 0 Å². The highest BCUT2D eigenvalue weighted by Crippen LogP contribution is 2.17. The lowest BCUT2D eigenvalue weighted by Gasteiger charge is -2.06. The quantitative estimate of drug-likeness (QED) is 0.200. The fourth-order valence-corrected chi connectivity index (χ4v) is 3.91. The SMILES string of the molecule is CC(C)c1ccn(C(C)C)c1.CC(C)c1ccn(C(C)C)n1.CC(C)c1cn(C(C)C)cn1.CC(C)c1cnn(C(C)C)c1. The lowest BCUT2D eigenvalue weighted by Crippen LogP contribution is -2.02. The third kappa shape index (κ3) is 13.3. The van der Waals surface area contributed by atoms with Crippen molar-refractivity contribution in [3.8, 4) is 0 Å². The van der Waals surface area contributed by atoms with Crippen molar-refractivity contribution in [3.05, 3.63) is 78.2 Å². The van der Waals surface area contributed by atoms with E-state index in [0.29, 0.717) is 47.8 Å². The maximum atomic E-state index is 4.43. The van der Waals surface area contributed by atoms with Crippen molar-refractivity contribution in [3.63, 3.8) is 0 Å². The molecule has 4 rings (SSSR count). The van der Waals surface area contributed by atoms with E-state index < -0.39 is 0 Å². The molecule has 0 fully saturated rings. The zero-order chi connectivity index (χ0) is 33.7. The van der Waals surface area contributed by atoms with Crippen molar-refractivity contribution < 1.29 is 0 Å². The van der Waals surface area contributed by atoms with Crippen molar-refractivity contribution in [2.24, 2.45) is 0 Å². The van der Waals surface area contributed by atoms with Crippen molar-refractivity contribution in [1.82, 2.24) is 33.7 Å². The summed E-state index contributed by atoms with van der Waals surface area (Å²) in [7, 11) is 0. The van der Waals surface area contributed by atoms with Crippen LogP contribution in [0.4, 0.5) is 0 Å². The molecule has 248 valence electrons. The predicted molar refractivity (Wildman–Crippen MR) is 189 cm³/mol. The van der Waals surface area contributed by atoms with Gasteiger partial charge in [0, 0.05) is 55.2 Å². The second kappa shape index (κ2) is 18.7. The topological polar surface area (TPSA) is 58.4 Å². The molecule has 44 heavy (non-hydrogen) atoms. The van der Waals surface area contributed by atoms with Gasteiger partial charge in [0.05, 0.1) is 23.9 Å². The Bertz CT molecular complexity index is 1000. The maximum Gasteiger partial charge on any atom is 0.0951 e. The summed E-state index contributed by atoms with van der Waals surface area (Å²) >= 11 is 0. The average molecular weight is 608 g/mol. The van der Waals surface area contributed by atoms with Crippen LogP contribution in [-0.4, -0.2) is 33.7 Å². The number of nitrogens with zero attached hydrogens (tertiary/aromatic N) is 7. The van der Waals surface area contributed by atoms with Gasteiger partial charge in [0.15, 0.2) is 0 Å². The van der Waals surface area contributed by atoms with E-state index in [9.17, 15) is 0 Å².